The fourth-order valence-electron chi connectivity index (χ4n) is 3.91. The first-order valence-electron chi connectivity index (χ1n) is 11.5. The monoisotopic (exact) mass is 545 g/mol. The van der Waals surface area contributed by atoms with Crippen LogP contribution in [0.4, 0.5) is 19.9 Å². The molecule has 3 amide bonds. The molecule has 0 aliphatic heterocycles. The van der Waals surface area contributed by atoms with E-state index in [1.807, 2.05) is 0 Å². The van der Waals surface area contributed by atoms with Crippen LogP contribution in [0.1, 0.15) is 50.9 Å². The molecular weight excluding hydrogens is 521 g/mol. The first kappa shape index (κ1) is 26.3. The number of alkyl carbamates (subject to hydrolysis) is 1. The molecule has 0 spiro atoms. The number of hydrogen-bond acceptors (Lipinski definition) is 7. The minimum absolute atomic E-state index is 0.106. The van der Waals surface area contributed by atoms with E-state index in [1.165, 1.54) is 35.6 Å². The number of amides is 3. The first-order valence-corrected chi connectivity index (χ1v) is 13.8. The summed E-state index contributed by atoms with van der Waals surface area (Å²) >= 11 is 1.30. The number of aryl methyl sites for hydroxylation is 1. The highest BCUT2D eigenvalue weighted by molar-refractivity contribution is 7.92. The van der Waals surface area contributed by atoms with E-state index in [1.54, 1.807) is 6.92 Å². The van der Waals surface area contributed by atoms with Crippen LogP contribution in [0.5, 0.6) is 0 Å². The quantitative estimate of drug-likeness (QED) is 0.394. The molecule has 4 rings (SSSR count). The van der Waals surface area contributed by atoms with Crippen molar-refractivity contribution in [2.24, 2.45) is 0 Å². The van der Waals surface area contributed by atoms with Gasteiger partial charge >= 0.3 is 6.09 Å². The molecule has 12 heteroatoms. The zero-order valence-electron chi connectivity index (χ0n) is 19.8. The van der Waals surface area contributed by atoms with Gasteiger partial charge in [0.25, 0.3) is 21.8 Å². The van der Waals surface area contributed by atoms with E-state index in [-0.39, 0.29) is 28.3 Å². The van der Waals surface area contributed by atoms with Crippen molar-refractivity contribution in [1.29, 1.82) is 0 Å². The third kappa shape index (κ3) is 6.15. The second-order valence-corrected chi connectivity index (χ2v) is 11.0. The third-order valence-corrected chi connectivity index (χ3v) is 8.24. The van der Waals surface area contributed by atoms with Crippen LogP contribution < -0.4 is 15.4 Å². The number of nitrogens with one attached hydrogen (secondary N) is 3. The van der Waals surface area contributed by atoms with Crippen molar-refractivity contribution in [2.75, 3.05) is 16.6 Å². The summed E-state index contributed by atoms with van der Waals surface area (Å²) in [6, 6.07) is 10.1. The Labute approximate surface area is 217 Å². The molecule has 0 radical (unpaired) electrons. The van der Waals surface area contributed by atoms with Gasteiger partial charge in [-0.15, -0.1) is 11.3 Å². The number of anilines is 2. The maximum absolute atomic E-state index is 13.1. The van der Waals surface area contributed by atoms with Crippen molar-refractivity contribution in [3.63, 3.8) is 0 Å². The number of sulfonamides is 1. The van der Waals surface area contributed by atoms with Gasteiger partial charge in [-0.25, -0.2) is 17.6 Å². The first-order chi connectivity index (χ1) is 17.7. The summed E-state index contributed by atoms with van der Waals surface area (Å²) < 4.78 is 45.3. The van der Waals surface area contributed by atoms with E-state index in [0.717, 1.165) is 54.0 Å². The van der Waals surface area contributed by atoms with Crippen LogP contribution in [0.2, 0.25) is 0 Å². The molecule has 3 aromatic rings. The van der Waals surface area contributed by atoms with E-state index in [0.29, 0.717) is 11.4 Å². The number of benzene rings is 2. The summed E-state index contributed by atoms with van der Waals surface area (Å²) in [4.78, 5) is 38.5. The molecule has 37 heavy (non-hydrogen) atoms. The summed E-state index contributed by atoms with van der Waals surface area (Å²) in [7, 11) is -3.94. The Bertz CT molecular complexity index is 1430. The number of imide groups is 1. The Balaban J connectivity index is 1.51. The lowest BCUT2D eigenvalue weighted by molar-refractivity contribution is 0.0925. The van der Waals surface area contributed by atoms with Gasteiger partial charge in [0.1, 0.15) is 10.8 Å². The molecule has 0 saturated carbocycles. The molecule has 2 aromatic carbocycles. The molecule has 0 bridgehead atoms. The maximum Gasteiger partial charge on any atom is 0.414 e. The van der Waals surface area contributed by atoms with E-state index >= 15 is 0 Å². The standard InChI is InChI=1S/C25H24FN3O6S2/c1-2-35-25(32)28-23(31)21-19-5-3-4-6-20(19)36-24(21)27-22(30)15-7-11-17(12-8-15)29-37(33,34)18-13-9-16(26)10-14-18/h7-14,29H,2-6H2,1H3,(H,27,30)(H,28,31,32). The average Bonchev–Trinajstić information content (AvgIpc) is 3.22. The summed E-state index contributed by atoms with van der Waals surface area (Å²) in [5.41, 5.74) is 1.51. The fourth-order valence-corrected chi connectivity index (χ4v) is 6.25. The number of ether oxygens (including phenoxy) is 1. The number of carbonyl (C=O) groups excluding carboxylic acids is 3. The van der Waals surface area contributed by atoms with Gasteiger partial charge in [0, 0.05) is 16.1 Å². The number of thiophene rings is 1. The van der Waals surface area contributed by atoms with Gasteiger partial charge in [0.05, 0.1) is 17.1 Å². The Kier molecular flexibility index (Phi) is 7.89. The third-order valence-electron chi connectivity index (χ3n) is 5.64. The lowest BCUT2D eigenvalue weighted by atomic mass is 9.95. The van der Waals surface area contributed by atoms with Gasteiger partial charge in [-0.1, -0.05) is 0 Å². The van der Waals surface area contributed by atoms with Crippen molar-refractivity contribution in [3.05, 3.63) is 75.9 Å². The predicted molar refractivity (Wildman–Crippen MR) is 137 cm³/mol. The van der Waals surface area contributed by atoms with Crippen molar-refractivity contribution < 1.29 is 31.9 Å². The Morgan fingerprint density at radius 3 is 2.32 bits per heavy atom. The Hall–Kier alpha value is -3.77. The van der Waals surface area contributed by atoms with Crippen molar-refractivity contribution >= 4 is 50.0 Å². The molecule has 1 aliphatic carbocycles. The van der Waals surface area contributed by atoms with E-state index in [4.69, 9.17) is 4.74 Å². The highest BCUT2D eigenvalue weighted by Gasteiger charge is 2.28. The summed E-state index contributed by atoms with van der Waals surface area (Å²) in [5.74, 6) is -1.70. The molecule has 0 saturated heterocycles. The minimum atomic E-state index is -3.94. The van der Waals surface area contributed by atoms with Gasteiger partial charge < -0.3 is 10.1 Å². The Morgan fingerprint density at radius 1 is 0.973 bits per heavy atom. The molecule has 9 nitrogen and oxygen atoms in total. The van der Waals surface area contributed by atoms with Gasteiger partial charge in [-0.2, -0.15) is 0 Å². The highest BCUT2D eigenvalue weighted by atomic mass is 32.2. The zero-order valence-corrected chi connectivity index (χ0v) is 21.4. The largest absolute Gasteiger partial charge is 0.450 e. The van der Waals surface area contributed by atoms with Gasteiger partial charge in [-0.3, -0.25) is 19.6 Å². The van der Waals surface area contributed by atoms with Crippen LogP contribution in [0.25, 0.3) is 0 Å². The molecule has 1 aliphatic rings. The van der Waals surface area contributed by atoms with E-state index in [9.17, 15) is 27.2 Å². The predicted octanol–water partition coefficient (Wildman–Crippen LogP) is 4.71. The zero-order chi connectivity index (χ0) is 26.6. The minimum Gasteiger partial charge on any atom is -0.450 e. The summed E-state index contributed by atoms with van der Waals surface area (Å²) in [6.07, 6.45) is 2.44. The molecular formula is C25H24FN3O6S2. The van der Waals surface area contributed by atoms with E-state index in [2.05, 4.69) is 15.4 Å². The lowest BCUT2D eigenvalue weighted by Gasteiger charge is -2.13. The van der Waals surface area contributed by atoms with Crippen molar-refractivity contribution in [3.8, 4) is 0 Å². The smallest absolute Gasteiger partial charge is 0.414 e. The van der Waals surface area contributed by atoms with Gasteiger partial charge in [0.15, 0.2) is 0 Å². The van der Waals surface area contributed by atoms with E-state index < -0.39 is 33.7 Å². The van der Waals surface area contributed by atoms with Gasteiger partial charge in [0.2, 0.25) is 0 Å². The van der Waals surface area contributed by atoms with Crippen LogP contribution in [0.3, 0.4) is 0 Å². The molecule has 194 valence electrons. The molecule has 0 atom stereocenters. The number of rotatable bonds is 7. The fraction of sp³-hybridized carbons (Fsp3) is 0.240. The second-order valence-electron chi connectivity index (χ2n) is 8.18. The van der Waals surface area contributed by atoms with Crippen LogP contribution in [-0.2, 0) is 27.6 Å². The number of carbonyl (C=O) groups is 3. The summed E-state index contributed by atoms with van der Waals surface area (Å²) in [6.45, 7) is 1.74. The Morgan fingerprint density at radius 2 is 1.65 bits per heavy atom. The second kappa shape index (κ2) is 11.1. The van der Waals surface area contributed by atoms with Crippen LogP contribution in [-0.4, -0.2) is 32.9 Å². The highest BCUT2D eigenvalue weighted by Crippen LogP contribution is 2.38. The van der Waals surface area contributed by atoms with Crippen LogP contribution in [0, 0.1) is 5.82 Å². The number of fused-ring (bicyclic) bond motifs is 1. The van der Waals surface area contributed by atoms with Crippen molar-refractivity contribution in [1.82, 2.24) is 5.32 Å². The molecule has 0 fully saturated rings. The van der Waals surface area contributed by atoms with Gasteiger partial charge in [-0.05, 0) is 86.7 Å². The summed E-state index contributed by atoms with van der Waals surface area (Å²) in [5, 5.41) is 5.30. The number of halogens is 1. The average molecular weight is 546 g/mol. The molecule has 1 heterocycles. The molecule has 1 aromatic heterocycles. The topological polar surface area (TPSA) is 131 Å². The van der Waals surface area contributed by atoms with Crippen molar-refractivity contribution in [2.45, 2.75) is 37.5 Å². The van der Waals surface area contributed by atoms with Crippen LogP contribution in [0.15, 0.2) is 53.4 Å². The lowest BCUT2D eigenvalue weighted by Crippen LogP contribution is -2.32. The normalized spacial score (nSPS) is 12.8. The molecule has 0 unspecified atom stereocenters. The molecule has 3 N–H and O–H groups in total. The maximum atomic E-state index is 13.1. The SMILES string of the molecule is CCOC(=O)NC(=O)c1c(NC(=O)c2ccc(NS(=O)(=O)c3ccc(F)cc3)cc2)sc2c1CCCC2. The number of hydrogen-bond donors (Lipinski definition) is 3. The van der Waals surface area contributed by atoms with Crippen LogP contribution >= 0.6 is 11.3 Å².